The second-order valence-electron chi connectivity index (χ2n) is 5.77. The van der Waals surface area contributed by atoms with Crippen LogP contribution in [0.1, 0.15) is 5.56 Å². The zero-order chi connectivity index (χ0) is 18.1. The molecular weight excluding hydrogens is 323 g/mol. The molecule has 0 saturated heterocycles. The van der Waals surface area contributed by atoms with Crippen molar-refractivity contribution in [3.05, 3.63) is 59.9 Å². The molecule has 0 saturated carbocycles. The van der Waals surface area contributed by atoms with Crippen LogP contribution in [0, 0.1) is 5.82 Å². The van der Waals surface area contributed by atoms with Crippen LogP contribution in [0.25, 0.3) is 0 Å². The number of para-hydroxylation sites is 1. The topological polar surface area (TPSA) is 52.0 Å². The van der Waals surface area contributed by atoms with Crippen LogP contribution in [0.2, 0.25) is 0 Å². The van der Waals surface area contributed by atoms with Gasteiger partial charge >= 0.3 is 0 Å². The molecule has 2 aromatic rings. The maximum Gasteiger partial charge on any atom is 0.275 e. The first kappa shape index (κ1) is 18.7. The van der Waals surface area contributed by atoms with Crippen LogP contribution >= 0.6 is 0 Å². The van der Waals surface area contributed by atoms with Crippen LogP contribution < -0.4 is 19.7 Å². The molecule has 1 atom stereocenters. The summed E-state index contributed by atoms with van der Waals surface area (Å²) in [7, 11) is 3.54. The van der Waals surface area contributed by atoms with Crippen molar-refractivity contribution in [3.8, 4) is 11.5 Å². The van der Waals surface area contributed by atoms with Crippen molar-refractivity contribution >= 4 is 5.91 Å². The first-order valence-corrected chi connectivity index (χ1v) is 8.16. The molecule has 1 unspecified atom stereocenters. The highest BCUT2D eigenvalue weighted by Gasteiger charge is 2.11. The van der Waals surface area contributed by atoms with Gasteiger partial charge in [-0.1, -0.05) is 18.2 Å². The average molecular weight is 347 g/mol. The Morgan fingerprint density at radius 1 is 1.16 bits per heavy atom. The standard InChI is InChI=1S/C19H23FN2O3/c1-22(11-12-25-17-9-7-16(20)8-10-17)14-19(23)21-13-15-5-3-4-6-18(15)24-2/h3-10H,11-14H2,1-2H3,(H,21,23)/p+1. The third kappa shape index (κ3) is 6.43. The summed E-state index contributed by atoms with van der Waals surface area (Å²) in [6.45, 7) is 1.90. The number of carbonyl (C=O) groups excluding carboxylic acids is 1. The number of likely N-dealkylation sites (N-methyl/N-ethyl adjacent to an activating group) is 1. The minimum Gasteiger partial charge on any atom is -0.496 e. The molecule has 0 aromatic heterocycles. The van der Waals surface area contributed by atoms with Gasteiger partial charge in [-0.05, 0) is 30.3 Å². The largest absolute Gasteiger partial charge is 0.496 e. The predicted molar refractivity (Wildman–Crippen MR) is 93.4 cm³/mol. The van der Waals surface area contributed by atoms with Gasteiger partial charge < -0.3 is 19.7 Å². The Hall–Kier alpha value is -2.60. The van der Waals surface area contributed by atoms with Gasteiger partial charge in [0.05, 0.1) is 14.2 Å². The number of rotatable bonds is 9. The lowest BCUT2D eigenvalue weighted by Gasteiger charge is -2.15. The van der Waals surface area contributed by atoms with Crippen LogP contribution in [-0.4, -0.2) is 39.8 Å². The van der Waals surface area contributed by atoms with E-state index in [1.165, 1.54) is 12.1 Å². The molecule has 2 rings (SSSR count). The van der Waals surface area contributed by atoms with Crippen molar-refractivity contribution in [2.75, 3.05) is 33.9 Å². The Morgan fingerprint density at radius 3 is 2.60 bits per heavy atom. The molecular formula is C19H24FN2O3+. The number of nitrogens with one attached hydrogen (secondary N) is 2. The number of hydrogen-bond donors (Lipinski definition) is 2. The van der Waals surface area contributed by atoms with Gasteiger partial charge in [-0.25, -0.2) is 4.39 Å². The maximum absolute atomic E-state index is 12.8. The Balaban J connectivity index is 1.68. The molecule has 0 spiro atoms. The number of quaternary nitrogens is 1. The number of benzene rings is 2. The van der Waals surface area contributed by atoms with Crippen molar-refractivity contribution in [2.45, 2.75) is 6.54 Å². The Morgan fingerprint density at radius 2 is 1.88 bits per heavy atom. The van der Waals surface area contributed by atoms with Crippen LogP contribution in [0.4, 0.5) is 4.39 Å². The molecule has 6 heteroatoms. The van der Waals surface area contributed by atoms with Crippen molar-refractivity contribution in [2.24, 2.45) is 0 Å². The molecule has 0 aliphatic heterocycles. The van der Waals surface area contributed by atoms with Crippen molar-refractivity contribution in [1.29, 1.82) is 0 Å². The molecule has 0 radical (unpaired) electrons. The molecule has 2 aromatic carbocycles. The smallest absolute Gasteiger partial charge is 0.275 e. The van der Waals surface area contributed by atoms with Crippen LogP contribution in [0.15, 0.2) is 48.5 Å². The third-order valence-corrected chi connectivity index (χ3v) is 3.74. The number of ether oxygens (including phenoxy) is 2. The van der Waals surface area contributed by atoms with E-state index in [1.54, 1.807) is 19.2 Å². The van der Waals surface area contributed by atoms with Gasteiger partial charge in [-0.2, -0.15) is 0 Å². The normalized spacial score (nSPS) is 11.6. The first-order valence-electron chi connectivity index (χ1n) is 8.16. The van der Waals surface area contributed by atoms with E-state index < -0.39 is 0 Å². The van der Waals surface area contributed by atoms with Gasteiger partial charge in [0.2, 0.25) is 0 Å². The van der Waals surface area contributed by atoms with Crippen LogP contribution in [-0.2, 0) is 11.3 Å². The lowest BCUT2D eigenvalue weighted by atomic mass is 10.2. The highest BCUT2D eigenvalue weighted by atomic mass is 19.1. The summed E-state index contributed by atoms with van der Waals surface area (Å²) in [6, 6.07) is 13.5. The molecule has 0 fully saturated rings. The summed E-state index contributed by atoms with van der Waals surface area (Å²) >= 11 is 0. The van der Waals surface area contributed by atoms with E-state index in [1.807, 2.05) is 31.3 Å². The summed E-state index contributed by atoms with van der Waals surface area (Å²) in [4.78, 5) is 13.1. The van der Waals surface area contributed by atoms with Crippen molar-refractivity contribution in [1.82, 2.24) is 5.32 Å². The predicted octanol–water partition coefficient (Wildman–Crippen LogP) is 1.04. The Labute approximate surface area is 147 Å². The Kier molecular flexibility index (Phi) is 7.22. The van der Waals surface area contributed by atoms with Gasteiger partial charge in [0.25, 0.3) is 5.91 Å². The molecule has 0 aliphatic rings. The highest BCUT2D eigenvalue weighted by molar-refractivity contribution is 5.76. The highest BCUT2D eigenvalue weighted by Crippen LogP contribution is 2.16. The fourth-order valence-electron chi connectivity index (χ4n) is 2.34. The van der Waals surface area contributed by atoms with E-state index in [0.717, 1.165) is 16.2 Å². The molecule has 134 valence electrons. The minimum absolute atomic E-state index is 0.0369. The second-order valence-corrected chi connectivity index (χ2v) is 5.77. The molecule has 0 aliphatic carbocycles. The van der Waals surface area contributed by atoms with E-state index in [0.29, 0.717) is 32.0 Å². The zero-order valence-electron chi connectivity index (χ0n) is 14.5. The SMILES string of the molecule is COc1ccccc1CNC(=O)C[NH+](C)CCOc1ccc(F)cc1. The summed E-state index contributed by atoms with van der Waals surface area (Å²) < 4.78 is 23.6. The van der Waals surface area contributed by atoms with Gasteiger partial charge in [-0.3, -0.25) is 4.79 Å². The Bertz CT molecular complexity index is 677. The lowest BCUT2D eigenvalue weighted by Crippen LogP contribution is -3.10. The number of halogens is 1. The van der Waals surface area contributed by atoms with Crippen LogP contribution in [0.3, 0.4) is 0 Å². The molecule has 5 nitrogen and oxygen atoms in total. The molecule has 1 amide bonds. The lowest BCUT2D eigenvalue weighted by molar-refractivity contribution is -0.871. The molecule has 0 bridgehead atoms. The fourth-order valence-corrected chi connectivity index (χ4v) is 2.34. The van der Waals surface area contributed by atoms with Crippen molar-refractivity contribution < 1.29 is 23.6 Å². The number of hydrogen-bond acceptors (Lipinski definition) is 3. The molecule has 0 heterocycles. The van der Waals surface area contributed by atoms with Gasteiger partial charge in [0.15, 0.2) is 6.54 Å². The first-order chi connectivity index (χ1) is 12.1. The monoisotopic (exact) mass is 347 g/mol. The number of amides is 1. The zero-order valence-corrected chi connectivity index (χ0v) is 14.5. The maximum atomic E-state index is 12.8. The van der Waals surface area contributed by atoms with Crippen molar-refractivity contribution in [3.63, 3.8) is 0 Å². The van der Waals surface area contributed by atoms with Gasteiger partial charge in [-0.15, -0.1) is 0 Å². The summed E-state index contributed by atoms with van der Waals surface area (Å²) in [5, 5.41) is 2.90. The van der Waals surface area contributed by atoms with Crippen LogP contribution in [0.5, 0.6) is 11.5 Å². The number of methoxy groups -OCH3 is 1. The van der Waals surface area contributed by atoms with E-state index >= 15 is 0 Å². The average Bonchev–Trinajstić information content (AvgIpc) is 2.62. The van der Waals surface area contributed by atoms with E-state index in [4.69, 9.17) is 9.47 Å². The quantitative estimate of drug-likeness (QED) is 0.713. The van der Waals surface area contributed by atoms with E-state index in [2.05, 4.69) is 5.32 Å². The van der Waals surface area contributed by atoms with E-state index in [9.17, 15) is 9.18 Å². The van der Waals surface area contributed by atoms with Gasteiger partial charge in [0.1, 0.15) is 30.5 Å². The number of carbonyl (C=O) groups is 1. The molecule has 25 heavy (non-hydrogen) atoms. The molecule has 2 N–H and O–H groups in total. The summed E-state index contributed by atoms with van der Waals surface area (Å²) in [5.41, 5.74) is 0.940. The summed E-state index contributed by atoms with van der Waals surface area (Å²) in [5.74, 6) is 1.05. The fraction of sp³-hybridized carbons (Fsp3) is 0.316. The minimum atomic E-state index is -0.290. The second kappa shape index (κ2) is 9.64. The van der Waals surface area contributed by atoms with E-state index in [-0.39, 0.29) is 11.7 Å². The third-order valence-electron chi connectivity index (χ3n) is 3.74. The summed E-state index contributed by atoms with van der Waals surface area (Å²) in [6.07, 6.45) is 0. The van der Waals surface area contributed by atoms with Gasteiger partial charge in [0, 0.05) is 12.1 Å².